The first-order valence-electron chi connectivity index (χ1n) is 7.42. The zero-order chi connectivity index (χ0) is 15.8. The van der Waals surface area contributed by atoms with Crippen LogP contribution in [0, 0.1) is 0 Å². The van der Waals surface area contributed by atoms with Crippen molar-refractivity contribution in [1.29, 1.82) is 0 Å². The van der Waals surface area contributed by atoms with Crippen LogP contribution in [-0.2, 0) is 19.4 Å². The number of sulfone groups is 1. The molecule has 0 aliphatic carbocycles. The average molecular weight is 318 g/mol. The van der Waals surface area contributed by atoms with Gasteiger partial charge in [-0.05, 0) is 33.7 Å². The fraction of sp³-hybridized carbons (Fsp3) is 0.929. The van der Waals surface area contributed by atoms with E-state index in [4.69, 9.17) is 4.74 Å². The fourth-order valence-electron chi connectivity index (χ4n) is 3.02. The first kappa shape index (κ1) is 16.7. The molecule has 1 amide bonds. The Morgan fingerprint density at radius 1 is 1.29 bits per heavy atom. The van der Waals surface area contributed by atoms with Crippen molar-refractivity contribution in [1.82, 2.24) is 9.80 Å². The number of ether oxygens (including phenoxy) is 1. The van der Waals surface area contributed by atoms with Crippen LogP contribution in [0.15, 0.2) is 0 Å². The molecule has 21 heavy (non-hydrogen) atoms. The Balaban J connectivity index is 2.08. The molecule has 0 N–H and O–H groups in total. The molecule has 2 saturated heterocycles. The number of methoxy groups -OCH3 is 1. The van der Waals surface area contributed by atoms with Gasteiger partial charge in [0.2, 0.25) is 5.91 Å². The lowest BCUT2D eigenvalue weighted by atomic mass is 10.1. The number of rotatable bonds is 2. The number of likely N-dealkylation sites (N-methyl/N-ethyl adjacent to an activating group) is 1. The summed E-state index contributed by atoms with van der Waals surface area (Å²) in [5.41, 5.74) is 0. The first-order chi connectivity index (χ1) is 9.68. The summed E-state index contributed by atoms with van der Waals surface area (Å²) in [6, 6.07) is -0.195. The highest BCUT2D eigenvalue weighted by molar-refractivity contribution is 7.92. The van der Waals surface area contributed by atoms with Gasteiger partial charge in [-0.25, -0.2) is 8.42 Å². The Morgan fingerprint density at radius 3 is 2.52 bits per heavy atom. The molecule has 2 rings (SSSR count). The second kappa shape index (κ2) is 5.85. The lowest BCUT2D eigenvalue weighted by molar-refractivity contribution is -0.135. The van der Waals surface area contributed by atoms with Gasteiger partial charge >= 0.3 is 0 Å². The van der Waals surface area contributed by atoms with E-state index in [2.05, 4.69) is 0 Å². The number of likely N-dealkylation sites (tertiary alicyclic amines) is 1. The van der Waals surface area contributed by atoms with E-state index in [9.17, 15) is 13.2 Å². The molecule has 2 aliphatic heterocycles. The van der Waals surface area contributed by atoms with Gasteiger partial charge < -0.3 is 9.64 Å². The minimum Gasteiger partial charge on any atom is -0.380 e. The maximum atomic E-state index is 12.7. The molecular formula is C14H26N2O4S. The Labute approximate surface area is 127 Å². The number of carbonyl (C=O) groups excluding carboxylic acids is 1. The zero-order valence-electron chi connectivity index (χ0n) is 13.3. The molecule has 0 spiro atoms. The van der Waals surface area contributed by atoms with Crippen molar-refractivity contribution in [3.8, 4) is 0 Å². The van der Waals surface area contributed by atoms with E-state index in [0.29, 0.717) is 25.9 Å². The highest BCUT2D eigenvalue weighted by Crippen LogP contribution is 2.27. The van der Waals surface area contributed by atoms with E-state index in [0.717, 1.165) is 6.54 Å². The normalized spacial score (nSPS) is 32.9. The number of amides is 1. The van der Waals surface area contributed by atoms with Gasteiger partial charge in [-0.2, -0.15) is 0 Å². The van der Waals surface area contributed by atoms with Crippen LogP contribution in [0.3, 0.4) is 0 Å². The number of carbonyl (C=O) groups is 1. The van der Waals surface area contributed by atoms with Gasteiger partial charge in [0.05, 0.1) is 22.6 Å². The summed E-state index contributed by atoms with van der Waals surface area (Å²) in [6.07, 6.45) is 1.25. The molecule has 7 heteroatoms. The predicted molar refractivity (Wildman–Crippen MR) is 80.9 cm³/mol. The summed E-state index contributed by atoms with van der Waals surface area (Å²) in [6.45, 7) is 5.04. The standard InChI is InChI=1S/C14H26N2O4S/c1-14(2)5-6-16(7-8-21(14,18)19)13(17)12-9-11(20-4)10-15(12)3/h11-12H,5-10H2,1-4H3/t11-,12-/m0/s1. The number of hydrogen-bond donors (Lipinski definition) is 0. The largest absolute Gasteiger partial charge is 0.380 e. The minimum absolute atomic E-state index is 0.0324. The van der Waals surface area contributed by atoms with Crippen LogP contribution in [0.5, 0.6) is 0 Å². The van der Waals surface area contributed by atoms with Crippen LogP contribution in [0.4, 0.5) is 0 Å². The molecule has 0 aromatic rings. The molecule has 122 valence electrons. The van der Waals surface area contributed by atoms with Crippen molar-refractivity contribution in [2.45, 2.75) is 43.6 Å². The van der Waals surface area contributed by atoms with Crippen molar-refractivity contribution in [3.63, 3.8) is 0 Å². The van der Waals surface area contributed by atoms with Gasteiger partial charge in [-0.15, -0.1) is 0 Å². The van der Waals surface area contributed by atoms with Crippen LogP contribution in [0.25, 0.3) is 0 Å². The Kier molecular flexibility index (Phi) is 4.66. The highest BCUT2D eigenvalue weighted by Gasteiger charge is 2.41. The second-order valence-electron chi connectivity index (χ2n) is 6.70. The summed E-state index contributed by atoms with van der Waals surface area (Å²) in [5.74, 6) is 0.0838. The van der Waals surface area contributed by atoms with Gasteiger partial charge in [0.25, 0.3) is 0 Å². The van der Waals surface area contributed by atoms with E-state index in [-0.39, 0.29) is 23.8 Å². The van der Waals surface area contributed by atoms with E-state index in [1.807, 2.05) is 11.9 Å². The van der Waals surface area contributed by atoms with Crippen molar-refractivity contribution in [3.05, 3.63) is 0 Å². The van der Waals surface area contributed by atoms with Gasteiger partial charge in [-0.3, -0.25) is 9.69 Å². The molecule has 0 unspecified atom stereocenters. The van der Waals surface area contributed by atoms with Crippen molar-refractivity contribution in [2.24, 2.45) is 0 Å². The highest BCUT2D eigenvalue weighted by atomic mass is 32.2. The van der Waals surface area contributed by atoms with Gasteiger partial charge in [0.1, 0.15) is 0 Å². The molecule has 2 fully saturated rings. The molecular weight excluding hydrogens is 292 g/mol. The smallest absolute Gasteiger partial charge is 0.240 e. The summed E-state index contributed by atoms with van der Waals surface area (Å²) in [5, 5.41) is 0. The topological polar surface area (TPSA) is 66.9 Å². The number of nitrogens with zero attached hydrogens (tertiary/aromatic N) is 2. The third kappa shape index (κ3) is 3.24. The summed E-state index contributed by atoms with van der Waals surface area (Å²) < 4.78 is 29.0. The van der Waals surface area contributed by atoms with Crippen LogP contribution in [0.1, 0.15) is 26.7 Å². The molecule has 2 aliphatic rings. The monoisotopic (exact) mass is 318 g/mol. The SMILES string of the molecule is CO[C@H]1C[C@@H](C(=O)N2CCC(C)(C)S(=O)(=O)CC2)N(C)C1. The Bertz CT molecular complexity index is 503. The maximum Gasteiger partial charge on any atom is 0.240 e. The average Bonchev–Trinajstić information content (AvgIpc) is 2.74. The second-order valence-corrected chi connectivity index (χ2v) is 9.45. The Morgan fingerprint density at radius 2 is 1.95 bits per heavy atom. The molecule has 0 saturated carbocycles. The van der Waals surface area contributed by atoms with Gasteiger partial charge in [0, 0.05) is 26.7 Å². The lowest BCUT2D eigenvalue weighted by Crippen LogP contribution is -2.45. The molecule has 0 aromatic heterocycles. The molecule has 2 atom stereocenters. The van der Waals surface area contributed by atoms with E-state index < -0.39 is 14.6 Å². The van der Waals surface area contributed by atoms with Gasteiger partial charge in [0.15, 0.2) is 9.84 Å². The predicted octanol–water partition coefficient (Wildman–Crippen LogP) is 0.131. The third-order valence-corrected chi connectivity index (χ3v) is 7.50. The summed E-state index contributed by atoms with van der Waals surface area (Å²) >= 11 is 0. The maximum absolute atomic E-state index is 12.7. The van der Waals surface area contributed by atoms with E-state index >= 15 is 0 Å². The van der Waals surface area contributed by atoms with Crippen molar-refractivity contribution >= 4 is 15.7 Å². The third-order valence-electron chi connectivity index (χ3n) is 4.90. The van der Waals surface area contributed by atoms with Crippen molar-refractivity contribution in [2.75, 3.05) is 39.5 Å². The van der Waals surface area contributed by atoms with Crippen molar-refractivity contribution < 1.29 is 17.9 Å². The minimum atomic E-state index is -3.15. The zero-order valence-corrected chi connectivity index (χ0v) is 14.1. The van der Waals surface area contributed by atoms with Crippen LogP contribution in [-0.4, -0.2) is 80.6 Å². The van der Waals surface area contributed by atoms with E-state index in [1.165, 1.54) is 0 Å². The molecule has 0 bridgehead atoms. The summed E-state index contributed by atoms with van der Waals surface area (Å²) in [4.78, 5) is 16.4. The summed E-state index contributed by atoms with van der Waals surface area (Å²) in [7, 11) is 0.427. The fourth-order valence-corrected chi connectivity index (χ4v) is 4.44. The van der Waals surface area contributed by atoms with Crippen LogP contribution in [0.2, 0.25) is 0 Å². The van der Waals surface area contributed by atoms with Crippen LogP contribution < -0.4 is 0 Å². The Hall–Kier alpha value is -0.660. The van der Waals surface area contributed by atoms with Gasteiger partial charge in [-0.1, -0.05) is 0 Å². The quantitative estimate of drug-likeness (QED) is 0.724. The lowest BCUT2D eigenvalue weighted by Gasteiger charge is -2.27. The number of hydrogen-bond acceptors (Lipinski definition) is 5. The van der Waals surface area contributed by atoms with Crippen LogP contribution >= 0.6 is 0 Å². The first-order valence-corrected chi connectivity index (χ1v) is 9.07. The molecule has 0 radical (unpaired) electrons. The molecule has 2 heterocycles. The molecule has 6 nitrogen and oxygen atoms in total. The molecule has 0 aromatic carbocycles. The van der Waals surface area contributed by atoms with E-state index in [1.54, 1.807) is 25.9 Å².